The van der Waals surface area contributed by atoms with Crippen LogP contribution in [0.2, 0.25) is 0 Å². The second-order valence-corrected chi connectivity index (χ2v) is 4.99. The van der Waals surface area contributed by atoms with Gasteiger partial charge in [-0.25, -0.2) is 0 Å². The molecule has 21 heavy (non-hydrogen) atoms. The van der Waals surface area contributed by atoms with Crippen molar-refractivity contribution in [3.63, 3.8) is 0 Å². The van der Waals surface area contributed by atoms with Crippen LogP contribution < -0.4 is 5.32 Å². The third kappa shape index (κ3) is 3.83. The largest absolute Gasteiger partial charge is 0.508 e. The van der Waals surface area contributed by atoms with Gasteiger partial charge in [0.15, 0.2) is 0 Å². The molecule has 0 heterocycles. The molecule has 2 aromatic carbocycles. The third-order valence-corrected chi connectivity index (χ3v) is 3.43. The number of benzene rings is 2. The van der Waals surface area contributed by atoms with Crippen LogP contribution in [0.25, 0.3) is 0 Å². The van der Waals surface area contributed by atoms with Crippen LogP contribution in [0.5, 0.6) is 5.75 Å². The highest BCUT2D eigenvalue weighted by molar-refractivity contribution is 5.96. The molecule has 4 heteroatoms. The molecule has 1 amide bonds. The fourth-order valence-corrected chi connectivity index (χ4v) is 2.19. The number of amides is 1. The molecule has 110 valence electrons. The summed E-state index contributed by atoms with van der Waals surface area (Å²) in [6.45, 7) is 1.55. The zero-order valence-electron chi connectivity index (χ0n) is 11.9. The van der Waals surface area contributed by atoms with Gasteiger partial charge in [0.1, 0.15) is 5.75 Å². The van der Waals surface area contributed by atoms with Crippen LogP contribution in [0.1, 0.15) is 21.5 Å². The van der Waals surface area contributed by atoms with Gasteiger partial charge in [0.2, 0.25) is 0 Å². The Bertz CT molecular complexity index is 611. The number of rotatable bonds is 5. The van der Waals surface area contributed by atoms with Gasteiger partial charge < -0.3 is 15.5 Å². The van der Waals surface area contributed by atoms with Crippen LogP contribution in [-0.4, -0.2) is 28.8 Å². The van der Waals surface area contributed by atoms with E-state index in [1.165, 1.54) is 0 Å². The van der Waals surface area contributed by atoms with Crippen molar-refractivity contribution in [1.29, 1.82) is 0 Å². The molecule has 1 atom stereocenters. The second kappa shape index (κ2) is 6.90. The Hall–Kier alpha value is -2.33. The summed E-state index contributed by atoms with van der Waals surface area (Å²) < 4.78 is 0. The van der Waals surface area contributed by atoms with Crippen LogP contribution in [0.4, 0.5) is 0 Å². The monoisotopic (exact) mass is 285 g/mol. The smallest absolute Gasteiger partial charge is 0.251 e. The molecule has 0 bridgehead atoms. The topological polar surface area (TPSA) is 69.6 Å². The van der Waals surface area contributed by atoms with Gasteiger partial charge in [0.25, 0.3) is 5.91 Å². The van der Waals surface area contributed by atoms with Crippen LogP contribution >= 0.6 is 0 Å². The predicted octanol–water partition coefficient (Wildman–Crippen LogP) is 2.03. The van der Waals surface area contributed by atoms with Gasteiger partial charge in [-0.15, -0.1) is 0 Å². The summed E-state index contributed by atoms with van der Waals surface area (Å²) in [6, 6.07) is 14.1. The average Bonchev–Trinajstić information content (AvgIpc) is 2.50. The maximum Gasteiger partial charge on any atom is 0.251 e. The zero-order chi connectivity index (χ0) is 15.2. The summed E-state index contributed by atoms with van der Waals surface area (Å²) in [6.07, 6.45) is 0.556. The number of aliphatic hydroxyl groups is 1. The van der Waals surface area contributed by atoms with Gasteiger partial charge in [0.05, 0.1) is 12.6 Å². The van der Waals surface area contributed by atoms with Gasteiger partial charge in [-0.2, -0.15) is 0 Å². The van der Waals surface area contributed by atoms with Crippen molar-refractivity contribution in [3.8, 4) is 5.75 Å². The Morgan fingerprint density at radius 2 is 1.86 bits per heavy atom. The van der Waals surface area contributed by atoms with Crippen LogP contribution in [-0.2, 0) is 6.42 Å². The van der Waals surface area contributed by atoms with E-state index in [4.69, 9.17) is 0 Å². The van der Waals surface area contributed by atoms with Crippen LogP contribution in [0.3, 0.4) is 0 Å². The predicted molar refractivity (Wildman–Crippen MR) is 81.3 cm³/mol. The minimum atomic E-state index is -0.360. The summed E-state index contributed by atoms with van der Waals surface area (Å²) in [4.78, 5) is 12.2. The van der Waals surface area contributed by atoms with E-state index < -0.39 is 0 Å². The molecule has 2 rings (SSSR count). The minimum absolute atomic E-state index is 0.0891. The number of aromatic hydroxyl groups is 1. The average molecular weight is 285 g/mol. The van der Waals surface area contributed by atoms with E-state index in [2.05, 4.69) is 5.32 Å². The lowest BCUT2D eigenvalue weighted by Crippen LogP contribution is -2.39. The summed E-state index contributed by atoms with van der Waals surface area (Å²) in [5.41, 5.74) is 2.00. The molecule has 0 fully saturated rings. The molecule has 0 aliphatic heterocycles. The SMILES string of the molecule is Cc1c(O)cccc1C(=O)N[C@@H](CO)Cc1ccccc1. The van der Waals surface area contributed by atoms with Crippen molar-refractivity contribution in [3.05, 3.63) is 65.2 Å². The Morgan fingerprint density at radius 3 is 2.52 bits per heavy atom. The molecule has 0 unspecified atom stereocenters. The number of hydrogen-bond acceptors (Lipinski definition) is 3. The Labute approximate surface area is 124 Å². The van der Waals surface area contributed by atoms with E-state index in [1.807, 2.05) is 30.3 Å². The molecule has 3 N–H and O–H groups in total. The van der Waals surface area contributed by atoms with Crippen molar-refractivity contribution in [2.45, 2.75) is 19.4 Å². The van der Waals surface area contributed by atoms with Crippen LogP contribution in [0, 0.1) is 6.92 Å². The molecular weight excluding hydrogens is 266 g/mol. The van der Waals surface area contributed by atoms with Gasteiger partial charge in [0, 0.05) is 11.1 Å². The Morgan fingerprint density at radius 1 is 1.14 bits per heavy atom. The van der Waals surface area contributed by atoms with Gasteiger partial charge >= 0.3 is 0 Å². The molecule has 0 radical (unpaired) electrons. The zero-order valence-corrected chi connectivity index (χ0v) is 11.9. The molecule has 2 aromatic rings. The fraction of sp³-hybridized carbons (Fsp3) is 0.235. The summed E-state index contributed by atoms with van der Waals surface area (Å²) >= 11 is 0. The van der Waals surface area contributed by atoms with E-state index in [0.29, 0.717) is 17.5 Å². The maximum atomic E-state index is 12.2. The van der Waals surface area contributed by atoms with E-state index in [-0.39, 0.29) is 24.3 Å². The molecule has 0 saturated heterocycles. The van der Waals surface area contributed by atoms with Crippen molar-refractivity contribution < 1.29 is 15.0 Å². The number of nitrogens with one attached hydrogen (secondary N) is 1. The first-order valence-corrected chi connectivity index (χ1v) is 6.86. The number of carbonyl (C=O) groups excluding carboxylic acids is 1. The minimum Gasteiger partial charge on any atom is -0.508 e. The lowest BCUT2D eigenvalue weighted by atomic mass is 10.0. The lowest BCUT2D eigenvalue weighted by Gasteiger charge is -2.17. The molecular formula is C17H19NO3. The number of hydrogen-bond donors (Lipinski definition) is 3. The van der Waals surface area contributed by atoms with Crippen molar-refractivity contribution in [1.82, 2.24) is 5.32 Å². The number of phenolic OH excluding ortho intramolecular Hbond substituents is 1. The maximum absolute atomic E-state index is 12.2. The van der Waals surface area contributed by atoms with Crippen LogP contribution in [0.15, 0.2) is 48.5 Å². The quantitative estimate of drug-likeness (QED) is 0.787. The van der Waals surface area contributed by atoms with Gasteiger partial charge in [-0.1, -0.05) is 36.4 Å². The van der Waals surface area contributed by atoms with E-state index in [9.17, 15) is 15.0 Å². The molecule has 0 aliphatic carbocycles. The van der Waals surface area contributed by atoms with Crippen molar-refractivity contribution in [2.75, 3.05) is 6.61 Å². The molecule has 0 spiro atoms. The number of carbonyl (C=O) groups is 1. The normalized spacial score (nSPS) is 11.9. The lowest BCUT2D eigenvalue weighted by molar-refractivity contribution is 0.0915. The number of phenols is 1. The molecule has 0 saturated carbocycles. The Balaban J connectivity index is 2.08. The standard InChI is InChI=1S/C17H19NO3/c1-12-15(8-5-9-16(12)20)17(21)18-14(11-19)10-13-6-3-2-4-7-13/h2-9,14,19-20H,10-11H2,1H3,(H,18,21)/t14-/m1/s1. The first-order chi connectivity index (χ1) is 10.1. The van der Waals surface area contributed by atoms with Gasteiger partial charge in [-0.05, 0) is 31.0 Å². The molecule has 0 aliphatic rings. The highest BCUT2D eigenvalue weighted by Crippen LogP contribution is 2.19. The highest BCUT2D eigenvalue weighted by atomic mass is 16.3. The second-order valence-electron chi connectivity index (χ2n) is 4.99. The van der Waals surface area contributed by atoms with Crippen molar-refractivity contribution >= 4 is 5.91 Å². The summed E-state index contributed by atoms with van der Waals surface area (Å²) in [5, 5.41) is 21.9. The third-order valence-electron chi connectivity index (χ3n) is 3.43. The van der Waals surface area contributed by atoms with Crippen molar-refractivity contribution in [2.24, 2.45) is 0 Å². The van der Waals surface area contributed by atoms with E-state index >= 15 is 0 Å². The Kier molecular flexibility index (Phi) is 4.95. The summed E-state index contributed by atoms with van der Waals surface area (Å²) in [7, 11) is 0. The molecule has 0 aromatic heterocycles. The van der Waals surface area contributed by atoms with E-state index in [1.54, 1.807) is 25.1 Å². The molecule has 4 nitrogen and oxygen atoms in total. The highest BCUT2D eigenvalue weighted by Gasteiger charge is 2.16. The fourth-order valence-electron chi connectivity index (χ4n) is 2.19. The van der Waals surface area contributed by atoms with E-state index in [0.717, 1.165) is 5.56 Å². The van der Waals surface area contributed by atoms with Gasteiger partial charge in [-0.3, -0.25) is 4.79 Å². The summed E-state index contributed by atoms with van der Waals surface area (Å²) in [5.74, 6) is -0.204. The number of aliphatic hydroxyl groups excluding tert-OH is 1. The first-order valence-electron chi connectivity index (χ1n) is 6.86. The first kappa shape index (κ1) is 15.1.